The molecule has 0 N–H and O–H groups in total. The van der Waals surface area contributed by atoms with E-state index in [0.29, 0.717) is 17.1 Å². The highest BCUT2D eigenvalue weighted by atomic mass is 79.9. The molecule has 3 rings (SSSR count). The SMILES string of the molecule is COc1cc(OC)c(C2=NN(C(C)=O)[C@H](c3cccnc3)O2)cc1Br. The van der Waals surface area contributed by atoms with E-state index in [1.807, 2.05) is 6.07 Å². The summed E-state index contributed by atoms with van der Waals surface area (Å²) in [5, 5.41) is 5.61. The smallest absolute Gasteiger partial charge is 0.244 e. The number of aromatic nitrogens is 1. The molecule has 0 saturated heterocycles. The van der Waals surface area contributed by atoms with Crippen molar-refractivity contribution < 1.29 is 19.0 Å². The topological polar surface area (TPSA) is 73.3 Å². The third-order valence-corrected chi connectivity index (χ3v) is 4.26. The molecular formula is C17H16BrN3O4. The lowest BCUT2D eigenvalue weighted by atomic mass is 10.2. The monoisotopic (exact) mass is 405 g/mol. The number of ether oxygens (including phenoxy) is 3. The summed E-state index contributed by atoms with van der Waals surface area (Å²) in [7, 11) is 3.11. The van der Waals surface area contributed by atoms with Crippen molar-refractivity contribution in [2.45, 2.75) is 13.2 Å². The van der Waals surface area contributed by atoms with E-state index in [9.17, 15) is 4.79 Å². The van der Waals surface area contributed by atoms with Crippen molar-refractivity contribution in [3.8, 4) is 11.5 Å². The number of hydrogen-bond donors (Lipinski definition) is 0. The maximum atomic E-state index is 12.0. The van der Waals surface area contributed by atoms with Crippen LogP contribution in [0.15, 0.2) is 46.2 Å². The largest absolute Gasteiger partial charge is 0.496 e. The normalized spacial score (nSPS) is 16.2. The fourth-order valence-electron chi connectivity index (χ4n) is 2.44. The van der Waals surface area contributed by atoms with Crippen molar-refractivity contribution in [3.63, 3.8) is 0 Å². The Labute approximate surface area is 153 Å². The number of hydrogen-bond acceptors (Lipinski definition) is 6. The minimum atomic E-state index is -0.674. The van der Waals surface area contributed by atoms with E-state index in [1.165, 1.54) is 11.9 Å². The van der Waals surface area contributed by atoms with E-state index in [4.69, 9.17) is 14.2 Å². The maximum Gasteiger partial charge on any atom is 0.244 e. The molecule has 0 aliphatic carbocycles. The molecule has 2 aromatic rings. The second-order valence-electron chi connectivity index (χ2n) is 5.21. The zero-order valence-electron chi connectivity index (χ0n) is 13.9. The molecule has 130 valence electrons. The summed E-state index contributed by atoms with van der Waals surface area (Å²) >= 11 is 3.44. The van der Waals surface area contributed by atoms with Crippen LogP contribution in [0, 0.1) is 0 Å². The Hall–Kier alpha value is -2.61. The van der Waals surface area contributed by atoms with Crippen LogP contribution in [0.2, 0.25) is 0 Å². The van der Waals surface area contributed by atoms with Gasteiger partial charge in [-0.1, -0.05) is 6.07 Å². The molecule has 8 heteroatoms. The van der Waals surface area contributed by atoms with E-state index in [-0.39, 0.29) is 11.8 Å². The number of amides is 1. The average molecular weight is 406 g/mol. The van der Waals surface area contributed by atoms with Gasteiger partial charge in [0.1, 0.15) is 11.5 Å². The summed E-state index contributed by atoms with van der Waals surface area (Å²) in [5.74, 6) is 1.18. The quantitative estimate of drug-likeness (QED) is 0.780. The van der Waals surface area contributed by atoms with Crippen molar-refractivity contribution in [1.29, 1.82) is 0 Å². The predicted octanol–water partition coefficient (Wildman–Crippen LogP) is 3.10. The number of nitrogens with zero attached hydrogens (tertiary/aromatic N) is 3. The van der Waals surface area contributed by atoms with Crippen LogP contribution in [-0.2, 0) is 9.53 Å². The second kappa shape index (κ2) is 7.10. The van der Waals surface area contributed by atoms with Gasteiger partial charge >= 0.3 is 0 Å². The molecule has 2 heterocycles. The highest BCUT2D eigenvalue weighted by Gasteiger charge is 2.34. The number of methoxy groups -OCH3 is 2. The van der Waals surface area contributed by atoms with E-state index < -0.39 is 6.23 Å². The summed E-state index contributed by atoms with van der Waals surface area (Å²) in [4.78, 5) is 16.1. The summed E-state index contributed by atoms with van der Waals surface area (Å²) < 4.78 is 17.4. The minimum absolute atomic E-state index is 0.240. The molecular weight excluding hydrogens is 390 g/mol. The lowest BCUT2D eigenvalue weighted by molar-refractivity contribution is -0.135. The summed E-state index contributed by atoms with van der Waals surface area (Å²) in [6.45, 7) is 1.43. The molecule has 1 aliphatic rings. The molecule has 0 spiro atoms. The summed E-state index contributed by atoms with van der Waals surface area (Å²) in [6.07, 6.45) is 2.62. The van der Waals surface area contributed by atoms with Gasteiger partial charge in [-0.05, 0) is 28.1 Å². The van der Waals surface area contributed by atoms with E-state index in [2.05, 4.69) is 26.0 Å². The molecule has 1 atom stereocenters. The van der Waals surface area contributed by atoms with E-state index in [1.54, 1.807) is 44.8 Å². The molecule has 25 heavy (non-hydrogen) atoms. The molecule has 0 unspecified atom stereocenters. The molecule has 0 radical (unpaired) electrons. The van der Waals surface area contributed by atoms with Crippen molar-refractivity contribution in [3.05, 3.63) is 52.3 Å². The first-order chi connectivity index (χ1) is 12.0. The molecule has 1 aliphatic heterocycles. The third-order valence-electron chi connectivity index (χ3n) is 3.64. The zero-order valence-corrected chi connectivity index (χ0v) is 15.5. The van der Waals surface area contributed by atoms with Crippen LogP contribution < -0.4 is 9.47 Å². The van der Waals surface area contributed by atoms with Crippen LogP contribution in [-0.4, -0.2) is 36.0 Å². The van der Waals surface area contributed by atoms with Crippen molar-refractivity contribution in [2.75, 3.05) is 14.2 Å². The Morgan fingerprint density at radius 1 is 1.28 bits per heavy atom. The minimum Gasteiger partial charge on any atom is -0.496 e. The third kappa shape index (κ3) is 3.30. The molecule has 0 bridgehead atoms. The summed E-state index contributed by atoms with van der Waals surface area (Å²) in [6, 6.07) is 7.11. The van der Waals surface area contributed by atoms with Gasteiger partial charge < -0.3 is 14.2 Å². The standard InChI is InChI=1S/C17H16BrN3O4/c1-10(22)21-17(11-5-4-6-19-9-11)25-16(20-21)12-7-13(18)15(24-3)8-14(12)23-2/h4-9,17H,1-3H3/t17-/m0/s1. The molecule has 0 saturated carbocycles. The van der Waals surface area contributed by atoms with Gasteiger partial charge in [0, 0.05) is 30.9 Å². The average Bonchev–Trinajstić information content (AvgIpc) is 3.07. The van der Waals surface area contributed by atoms with Gasteiger partial charge in [-0.25, -0.2) is 0 Å². The van der Waals surface area contributed by atoms with Gasteiger partial charge in [0.2, 0.25) is 18.0 Å². The lowest BCUT2D eigenvalue weighted by Gasteiger charge is -2.19. The molecule has 1 amide bonds. The van der Waals surface area contributed by atoms with Gasteiger partial charge in [0.15, 0.2) is 0 Å². The molecule has 0 fully saturated rings. The fraction of sp³-hybridized carbons (Fsp3) is 0.235. The highest BCUT2D eigenvalue weighted by Crippen LogP contribution is 2.37. The number of halogens is 1. The van der Waals surface area contributed by atoms with Gasteiger partial charge in [-0.2, -0.15) is 5.01 Å². The second-order valence-corrected chi connectivity index (χ2v) is 6.07. The Balaban J connectivity index is 2.02. The lowest BCUT2D eigenvalue weighted by Crippen LogP contribution is -2.25. The molecule has 1 aromatic heterocycles. The number of hydrazone groups is 1. The maximum absolute atomic E-state index is 12.0. The van der Waals surface area contributed by atoms with E-state index in [0.717, 1.165) is 10.0 Å². The van der Waals surface area contributed by atoms with Crippen molar-refractivity contribution in [2.24, 2.45) is 5.10 Å². The first-order valence-electron chi connectivity index (χ1n) is 7.42. The Morgan fingerprint density at radius 2 is 2.04 bits per heavy atom. The van der Waals surface area contributed by atoms with E-state index >= 15 is 0 Å². The highest BCUT2D eigenvalue weighted by molar-refractivity contribution is 9.10. The Kier molecular flexibility index (Phi) is 4.89. The summed E-state index contributed by atoms with van der Waals surface area (Å²) in [5.41, 5.74) is 1.33. The number of pyridine rings is 1. The van der Waals surface area contributed by atoms with Crippen LogP contribution in [0.4, 0.5) is 0 Å². The number of carbonyl (C=O) groups excluding carboxylic acids is 1. The number of rotatable bonds is 4. The van der Waals surface area contributed by atoms with Gasteiger partial charge in [0.25, 0.3) is 0 Å². The number of carbonyl (C=O) groups is 1. The van der Waals surface area contributed by atoms with Gasteiger partial charge in [-0.3, -0.25) is 9.78 Å². The number of benzene rings is 1. The first-order valence-corrected chi connectivity index (χ1v) is 8.21. The van der Waals surface area contributed by atoms with Gasteiger partial charge in [-0.15, -0.1) is 5.10 Å². The van der Waals surface area contributed by atoms with Crippen molar-refractivity contribution >= 4 is 27.7 Å². The molecule has 7 nitrogen and oxygen atoms in total. The van der Waals surface area contributed by atoms with Crippen LogP contribution >= 0.6 is 15.9 Å². The van der Waals surface area contributed by atoms with Crippen molar-refractivity contribution in [1.82, 2.24) is 9.99 Å². The Morgan fingerprint density at radius 3 is 2.64 bits per heavy atom. The van der Waals surface area contributed by atoms with Crippen LogP contribution in [0.5, 0.6) is 11.5 Å². The van der Waals surface area contributed by atoms with Crippen LogP contribution in [0.1, 0.15) is 24.3 Å². The predicted molar refractivity (Wildman–Crippen MR) is 94.4 cm³/mol. The zero-order chi connectivity index (χ0) is 18.0. The van der Waals surface area contributed by atoms with Crippen LogP contribution in [0.25, 0.3) is 0 Å². The van der Waals surface area contributed by atoms with Gasteiger partial charge in [0.05, 0.1) is 24.3 Å². The Bertz CT molecular complexity index is 826. The fourth-order valence-corrected chi connectivity index (χ4v) is 2.95. The van der Waals surface area contributed by atoms with Crippen LogP contribution in [0.3, 0.4) is 0 Å². The first kappa shape index (κ1) is 17.2. The molecule has 1 aromatic carbocycles.